The van der Waals surface area contributed by atoms with Crippen molar-refractivity contribution in [3.05, 3.63) is 65.2 Å². The van der Waals surface area contributed by atoms with Crippen molar-refractivity contribution in [1.29, 1.82) is 0 Å². The van der Waals surface area contributed by atoms with E-state index in [9.17, 15) is 22.8 Å². The molecule has 2 N–H and O–H groups in total. The van der Waals surface area contributed by atoms with Crippen LogP contribution in [0.2, 0.25) is 0 Å². The van der Waals surface area contributed by atoms with E-state index in [2.05, 4.69) is 10.9 Å². The Morgan fingerprint density at radius 2 is 1.65 bits per heavy atom. The highest BCUT2D eigenvalue weighted by Gasteiger charge is 2.33. The Labute approximate surface area is 198 Å². The summed E-state index contributed by atoms with van der Waals surface area (Å²) in [7, 11) is -3.62. The Kier molecular flexibility index (Phi) is 7.28. The van der Waals surface area contributed by atoms with Crippen molar-refractivity contribution in [2.24, 2.45) is 5.92 Å². The van der Waals surface area contributed by atoms with Gasteiger partial charge < -0.3 is 4.74 Å². The highest BCUT2D eigenvalue weighted by Crippen LogP contribution is 2.28. The number of nitrogens with zero attached hydrogens (tertiary/aromatic N) is 1. The molecule has 180 valence electrons. The number of nitrogens with one attached hydrogen (secondary N) is 2. The molecular weight excluding hydrogens is 458 g/mol. The van der Waals surface area contributed by atoms with Gasteiger partial charge >= 0.3 is 5.97 Å². The molecule has 0 bridgehead atoms. The molecule has 4 rings (SSSR count). The van der Waals surface area contributed by atoms with Gasteiger partial charge in [0.25, 0.3) is 11.8 Å². The van der Waals surface area contributed by atoms with Crippen molar-refractivity contribution in [1.82, 2.24) is 15.2 Å². The fourth-order valence-electron chi connectivity index (χ4n) is 4.27. The molecule has 1 heterocycles. The van der Waals surface area contributed by atoms with Crippen molar-refractivity contribution in [2.45, 2.75) is 37.0 Å². The first-order valence-corrected chi connectivity index (χ1v) is 12.7. The van der Waals surface area contributed by atoms with E-state index in [1.165, 1.54) is 9.87 Å². The first-order chi connectivity index (χ1) is 16.3. The smallest absolute Gasteiger partial charge is 0.309 e. The second-order valence-corrected chi connectivity index (χ2v) is 10.4. The molecule has 10 heteroatoms. The number of sulfonamides is 1. The summed E-state index contributed by atoms with van der Waals surface area (Å²) in [5.41, 5.74) is 7.13. The Morgan fingerprint density at radius 1 is 0.941 bits per heavy atom. The van der Waals surface area contributed by atoms with Crippen LogP contribution in [-0.2, 0) is 37.2 Å². The van der Waals surface area contributed by atoms with Gasteiger partial charge in [0.2, 0.25) is 10.0 Å². The highest BCUT2D eigenvalue weighted by molar-refractivity contribution is 7.89. The van der Waals surface area contributed by atoms with Gasteiger partial charge in [-0.1, -0.05) is 24.3 Å². The molecule has 0 aromatic heterocycles. The van der Waals surface area contributed by atoms with Gasteiger partial charge in [-0.15, -0.1) is 0 Å². The zero-order valence-electron chi connectivity index (χ0n) is 18.7. The molecule has 2 amide bonds. The first-order valence-electron chi connectivity index (χ1n) is 11.3. The van der Waals surface area contributed by atoms with Crippen molar-refractivity contribution < 1.29 is 27.5 Å². The third-order valence-corrected chi connectivity index (χ3v) is 8.09. The van der Waals surface area contributed by atoms with E-state index in [0.29, 0.717) is 23.3 Å². The van der Waals surface area contributed by atoms with Gasteiger partial charge in [-0.3, -0.25) is 25.2 Å². The van der Waals surface area contributed by atoms with Crippen LogP contribution in [-0.4, -0.2) is 50.2 Å². The van der Waals surface area contributed by atoms with E-state index < -0.39 is 40.3 Å². The standard InChI is InChI=1S/C24H27N3O6S/c28-22(25-26-23(29)18-5-2-1-3-6-18)16-33-24(30)19-11-13-27(14-12-19)34(31,32)21-10-9-17-7-4-8-20(17)15-21/h1-3,5-6,9-10,15,19H,4,7-8,11-14,16H2,(H,25,28)(H,26,29). The normalized spacial score (nSPS) is 16.5. The predicted molar refractivity (Wildman–Crippen MR) is 123 cm³/mol. The number of carbonyl (C=O) groups is 3. The average molecular weight is 486 g/mol. The molecule has 9 nitrogen and oxygen atoms in total. The van der Waals surface area contributed by atoms with E-state index in [4.69, 9.17) is 4.74 Å². The summed E-state index contributed by atoms with van der Waals surface area (Å²) < 4.78 is 32.5. The van der Waals surface area contributed by atoms with Gasteiger partial charge in [-0.25, -0.2) is 8.42 Å². The molecule has 1 aliphatic heterocycles. The van der Waals surface area contributed by atoms with Gasteiger partial charge in [0, 0.05) is 18.7 Å². The van der Waals surface area contributed by atoms with Crippen molar-refractivity contribution in [2.75, 3.05) is 19.7 Å². The number of ether oxygens (including phenoxy) is 1. The quantitative estimate of drug-likeness (QED) is 0.473. The van der Waals surface area contributed by atoms with Crippen LogP contribution in [0.3, 0.4) is 0 Å². The lowest BCUT2D eigenvalue weighted by Gasteiger charge is -2.30. The Bertz CT molecular complexity index is 1170. The Morgan fingerprint density at radius 3 is 2.38 bits per heavy atom. The fraction of sp³-hybridized carbons (Fsp3) is 0.375. The van der Waals surface area contributed by atoms with Crippen LogP contribution in [0.15, 0.2) is 53.4 Å². The predicted octanol–water partition coefficient (Wildman–Crippen LogP) is 1.58. The number of benzene rings is 2. The maximum Gasteiger partial charge on any atom is 0.309 e. The largest absolute Gasteiger partial charge is 0.455 e. The lowest BCUT2D eigenvalue weighted by molar-refractivity contribution is -0.153. The lowest BCUT2D eigenvalue weighted by atomic mass is 9.98. The lowest BCUT2D eigenvalue weighted by Crippen LogP contribution is -2.44. The van der Waals surface area contributed by atoms with Crippen LogP contribution < -0.4 is 10.9 Å². The zero-order chi connectivity index (χ0) is 24.1. The van der Waals surface area contributed by atoms with Crippen LogP contribution in [0.4, 0.5) is 0 Å². The molecule has 2 aromatic rings. The van der Waals surface area contributed by atoms with Crippen molar-refractivity contribution in [3.8, 4) is 0 Å². The Hall–Kier alpha value is -3.24. The van der Waals surface area contributed by atoms with Gasteiger partial charge in [0.1, 0.15) is 0 Å². The van der Waals surface area contributed by atoms with E-state index in [0.717, 1.165) is 24.8 Å². The summed E-state index contributed by atoms with van der Waals surface area (Å²) in [6.07, 6.45) is 3.56. The van der Waals surface area contributed by atoms with Crippen LogP contribution in [0.25, 0.3) is 0 Å². The third kappa shape index (κ3) is 5.45. The molecular formula is C24H27N3O6S. The minimum atomic E-state index is -3.62. The molecule has 0 spiro atoms. The maximum absolute atomic E-state index is 13.0. The molecule has 1 aliphatic carbocycles. The van der Waals surface area contributed by atoms with Crippen molar-refractivity contribution in [3.63, 3.8) is 0 Å². The number of aryl methyl sites for hydroxylation is 2. The fourth-order valence-corrected chi connectivity index (χ4v) is 5.79. The summed E-state index contributed by atoms with van der Waals surface area (Å²) in [6, 6.07) is 13.7. The summed E-state index contributed by atoms with van der Waals surface area (Å²) >= 11 is 0. The minimum absolute atomic E-state index is 0.207. The molecule has 0 saturated carbocycles. The van der Waals surface area contributed by atoms with Gasteiger partial charge in [0.05, 0.1) is 10.8 Å². The number of hydrogen-bond donors (Lipinski definition) is 2. The number of piperidine rings is 1. The molecule has 0 unspecified atom stereocenters. The van der Waals surface area contributed by atoms with Gasteiger partial charge in [-0.2, -0.15) is 4.31 Å². The molecule has 1 fully saturated rings. The number of carbonyl (C=O) groups excluding carboxylic acids is 3. The van der Waals surface area contributed by atoms with Crippen LogP contribution in [0, 0.1) is 5.92 Å². The summed E-state index contributed by atoms with van der Waals surface area (Å²) in [5.74, 6) is -2.20. The number of esters is 1. The van der Waals surface area contributed by atoms with E-state index in [-0.39, 0.29) is 13.1 Å². The molecule has 0 radical (unpaired) electrons. The number of hydrogen-bond acceptors (Lipinski definition) is 6. The minimum Gasteiger partial charge on any atom is -0.455 e. The van der Waals surface area contributed by atoms with Crippen LogP contribution in [0.1, 0.15) is 40.7 Å². The van der Waals surface area contributed by atoms with Gasteiger partial charge in [-0.05, 0) is 67.5 Å². The van der Waals surface area contributed by atoms with Crippen LogP contribution >= 0.6 is 0 Å². The molecule has 2 aliphatic rings. The SMILES string of the molecule is O=C(COC(=O)C1CCN(S(=O)(=O)c2ccc3c(c2)CCC3)CC1)NNC(=O)c1ccccc1. The maximum atomic E-state index is 13.0. The number of fused-ring (bicyclic) bond motifs is 1. The zero-order valence-corrected chi connectivity index (χ0v) is 19.5. The van der Waals surface area contributed by atoms with Crippen LogP contribution in [0.5, 0.6) is 0 Å². The number of rotatable bonds is 6. The molecule has 0 atom stereocenters. The van der Waals surface area contributed by atoms with E-state index in [1.54, 1.807) is 42.5 Å². The highest BCUT2D eigenvalue weighted by atomic mass is 32.2. The number of hydrazine groups is 1. The second-order valence-electron chi connectivity index (χ2n) is 8.44. The first kappa shape index (κ1) is 23.9. The summed E-state index contributed by atoms with van der Waals surface area (Å²) in [5, 5.41) is 0. The average Bonchev–Trinajstić information content (AvgIpc) is 3.34. The van der Waals surface area contributed by atoms with Gasteiger partial charge in [0.15, 0.2) is 6.61 Å². The Balaban J connectivity index is 1.22. The molecule has 1 saturated heterocycles. The second kappa shape index (κ2) is 10.4. The summed E-state index contributed by atoms with van der Waals surface area (Å²) in [4.78, 5) is 36.5. The molecule has 2 aromatic carbocycles. The van der Waals surface area contributed by atoms with Crippen molar-refractivity contribution >= 4 is 27.8 Å². The molecule has 34 heavy (non-hydrogen) atoms. The third-order valence-electron chi connectivity index (χ3n) is 6.19. The van der Waals surface area contributed by atoms with E-state index >= 15 is 0 Å². The topological polar surface area (TPSA) is 122 Å². The monoisotopic (exact) mass is 485 g/mol. The summed E-state index contributed by atoms with van der Waals surface area (Å²) in [6.45, 7) is -0.126. The number of amides is 2. The van der Waals surface area contributed by atoms with E-state index in [1.807, 2.05) is 6.07 Å².